The second-order valence-electron chi connectivity index (χ2n) is 3.88. The van der Waals surface area contributed by atoms with Gasteiger partial charge in [0.05, 0.1) is 15.2 Å². The number of carbonyl (C=O) groups is 1. The summed E-state index contributed by atoms with van der Waals surface area (Å²) >= 11 is 7.10. The molecule has 1 amide bonds. The van der Waals surface area contributed by atoms with Gasteiger partial charge in [-0.1, -0.05) is 12.1 Å². The molecule has 1 atom stereocenters. The van der Waals surface area contributed by atoms with Crippen LogP contribution < -0.4 is 5.32 Å². The van der Waals surface area contributed by atoms with Crippen molar-refractivity contribution in [3.63, 3.8) is 0 Å². The molecule has 3 nitrogen and oxygen atoms in total. The zero-order valence-corrected chi connectivity index (χ0v) is 11.0. The van der Waals surface area contributed by atoms with Gasteiger partial charge in [0.2, 0.25) is 5.91 Å². The number of thiazole rings is 1. The highest BCUT2D eigenvalue weighted by molar-refractivity contribution is 7.18. The molecule has 5 heteroatoms. The molecular formula is C12H13ClN2OS. The number of aromatic nitrogens is 1. The monoisotopic (exact) mass is 268 g/mol. The standard InChI is InChI=1S/C12H13ClN2OS/c1-8(14-11(16)7-13)6-12-15-9-4-2-3-5-10(9)17-12/h2-5,8H,6-7H2,1H3,(H,14,16)/t8-/m1/s1. The van der Waals surface area contributed by atoms with Crippen LogP contribution in [0.15, 0.2) is 24.3 Å². The zero-order valence-electron chi connectivity index (χ0n) is 9.44. The van der Waals surface area contributed by atoms with E-state index in [0.717, 1.165) is 16.9 Å². The van der Waals surface area contributed by atoms with E-state index in [9.17, 15) is 4.79 Å². The van der Waals surface area contributed by atoms with Crippen molar-refractivity contribution in [3.05, 3.63) is 29.3 Å². The molecule has 0 unspecified atom stereocenters. The van der Waals surface area contributed by atoms with Crippen LogP contribution in [0.2, 0.25) is 0 Å². The second kappa shape index (κ2) is 5.47. The average molecular weight is 269 g/mol. The van der Waals surface area contributed by atoms with Gasteiger partial charge < -0.3 is 5.32 Å². The van der Waals surface area contributed by atoms with Crippen molar-refractivity contribution >= 4 is 39.1 Å². The zero-order chi connectivity index (χ0) is 12.3. The average Bonchev–Trinajstić information content (AvgIpc) is 2.70. The van der Waals surface area contributed by atoms with E-state index in [0.29, 0.717) is 0 Å². The van der Waals surface area contributed by atoms with Crippen LogP contribution in [0.25, 0.3) is 10.2 Å². The molecule has 1 aromatic heterocycles. The minimum absolute atomic E-state index is 0.00415. The lowest BCUT2D eigenvalue weighted by Gasteiger charge is -2.10. The first-order valence-electron chi connectivity index (χ1n) is 5.39. The number of carbonyl (C=O) groups excluding carboxylic acids is 1. The van der Waals surface area contributed by atoms with E-state index in [2.05, 4.69) is 16.4 Å². The number of nitrogens with zero attached hydrogens (tertiary/aromatic N) is 1. The molecule has 0 aliphatic heterocycles. The van der Waals surface area contributed by atoms with Gasteiger partial charge in [-0.3, -0.25) is 4.79 Å². The Labute approximate surface area is 109 Å². The Morgan fingerprint density at radius 3 is 3.00 bits per heavy atom. The predicted molar refractivity (Wildman–Crippen MR) is 71.6 cm³/mol. The summed E-state index contributed by atoms with van der Waals surface area (Å²) in [4.78, 5) is 15.6. The van der Waals surface area contributed by atoms with Gasteiger partial charge in [-0.25, -0.2) is 4.98 Å². The van der Waals surface area contributed by atoms with Crippen LogP contribution in [0.3, 0.4) is 0 Å². The SMILES string of the molecule is C[C@H](Cc1nc2ccccc2s1)NC(=O)CCl. The van der Waals surface area contributed by atoms with E-state index in [1.165, 1.54) is 4.70 Å². The maximum atomic E-state index is 11.1. The van der Waals surface area contributed by atoms with Gasteiger partial charge in [0.1, 0.15) is 5.88 Å². The molecule has 0 aliphatic rings. The first kappa shape index (κ1) is 12.3. The van der Waals surface area contributed by atoms with Gasteiger partial charge in [-0.05, 0) is 19.1 Å². The number of fused-ring (bicyclic) bond motifs is 1. The molecule has 1 N–H and O–H groups in total. The van der Waals surface area contributed by atoms with Crippen molar-refractivity contribution in [1.82, 2.24) is 10.3 Å². The van der Waals surface area contributed by atoms with Gasteiger partial charge in [0.25, 0.3) is 0 Å². The fourth-order valence-corrected chi connectivity index (χ4v) is 2.81. The topological polar surface area (TPSA) is 42.0 Å². The maximum absolute atomic E-state index is 11.1. The molecule has 17 heavy (non-hydrogen) atoms. The molecule has 90 valence electrons. The number of hydrogen-bond donors (Lipinski definition) is 1. The Bertz CT molecular complexity index is 493. The van der Waals surface area contributed by atoms with Crippen molar-refractivity contribution in [1.29, 1.82) is 0 Å². The number of rotatable bonds is 4. The quantitative estimate of drug-likeness (QED) is 0.866. The third-order valence-corrected chi connectivity index (χ3v) is 3.65. The highest BCUT2D eigenvalue weighted by atomic mass is 35.5. The minimum atomic E-state index is -0.139. The van der Waals surface area contributed by atoms with Gasteiger partial charge in [0, 0.05) is 12.5 Å². The van der Waals surface area contributed by atoms with Crippen molar-refractivity contribution in [2.24, 2.45) is 0 Å². The Kier molecular flexibility index (Phi) is 3.97. The molecule has 1 heterocycles. The largest absolute Gasteiger partial charge is 0.352 e. The van der Waals surface area contributed by atoms with Crippen molar-refractivity contribution in [2.75, 3.05) is 5.88 Å². The molecule has 0 saturated carbocycles. The molecule has 0 fully saturated rings. The van der Waals surface area contributed by atoms with E-state index in [-0.39, 0.29) is 17.8 Å². The molecule has 2 aromatic rings. The van der Waals surface area contributed by atoms with Gasteiger partial charge in [-0.2, -0.15) is 0 Å². The van der Waals surface area contributed by atoms with E-state index < -0.39 is 0 Å². The fraction of sp³-hybridized carbons (Fsp3) is 0.333. The van der Waals surface area contributed by atoms with Crippen LogP contribution in [0, 0.1) is 0 Å². The van der Waals surface area contributed by atoms with Crippen LogP contribution in [0.5, 0.6) is 0 Å². The summed E-state index contributed by atoms with van der Waals surface area (Å²) in [6, 6.07) is 8.09. The Morgan fingerprint density at radius 1 is 1.53 bits per heavy atom. The smallest absolute Gasteiger partial charge is 0.235 e. The summed E-state index contributed by atoms with van der Waals surface area (Å²) in [5.74, 6) is -0.134. The lowest BCUT2D eigenvalue weighted by molar-refractivity contribution is -0.119. The molecule has 2 rings (SSSR count). The number of alkyl halides is 1. The number of amides is 1. The van der Waals surface area contributed by atoms with E-state index in [1.54, 1.807) is 11.3 Å². The third-order valence-electron chi connectivity index (χ3n) is 2.35. The Balaban J connectivity index is 2.05. The number of nitrogens with one attached hydrogen (secondary N) is 1. The van der Waals surface area contributed by atoms with Gasteiger partial charge >= 0.3 is 0 Å². The predicted octanol–water partition coefficient (Wildman–Crippen LogP) is 2.58. The Hall–Kier alpha value is -1.13. The number of hydrogen-bond acceptors (Lipinski definition) is 3. The van der Waals surface area contributed by atoms with Crippen molar-refractivity contribution in [2.45, 2.75) is 19.4 Å². The maximum Gasteiger partial charge on any atom is 0.235 e. The molecule has 1 aromatic carbocycles. The fourth-order valence-electron chi connectivity index (χ4n) is 1.63. The van der Waals surface area contributed by atoms with Crippen molar-refractivity contribution in [3.8, 4) is 0 Å². The Morgan fingerprint density at radius 2 is 2.29 bits per heavy atom. The first-order valence-corrected chi connectivity index (χ1v) is 6.74. The van der Waals surface area contributed by atoms with Crippen LogP contribution in [0.4, 0.5) is 0 Å². The number of halogens is 1. The van der Waals surface area contributed by atoms with Crippen LogP contribution in [-0.4, -0.2) is 22.8 Å². The molecular weight excluding hydrogens is 256 g/mol. The highest BCUT2D eigenvalue weighted by Crippen LogP contribution is 2.22. The van der Waals surface area contributed by atoms with E-state index in [4.69, 9.17) is 11.6 Å². The van der Waals surface area contributed by atoms with Gasteiger partial charge in [-0.15, -0.1) is 22.9 Å². The van der Waals surface area contributed by atoms with Crippen LogP contribution >= 0.6 is 22.9 Å². The molecule has 0 saturated heterocycles. The van der Waals surface area contributed by atoms with Crippen LogP contribution in [0.1, 0.15) is 11.9 Å². The molecule has 0 aliphatic carbocycles. The lowest BCUT2D eigenvalue weighted by Crippen LogP contribution is -2.34. The van der Waals surface area contributed by atoms with E-state index in [1.807, 2.05) is 25.1 Å². The molecule has 0 radical (unpaired) electrons. The third kappa shape index (κ3) is 3.17. The highest BCUT2D eigenvalue weighted by Gasteiger charge is 2.10. The summed E-state index contributed by atoms with van der Waals surface area (Å²) < 4.78 is 1.18. The normalized spacial score (nSPS) is 12.6. The van der Waals surface area contributed by atoms with Gasteiger partial charge in [0.15, 0.2) is 0 Å². The van der Waals surface area contributed by atoms with Crippen molar-refractivity contribution < 1.29 is 4.79 Å². The summed E-state index contributed by atoms with van der Waals surface area (Å²) in [5.41, 5.74) is 1.02. The van der Waals surface area contributed by atoms with Crippen LogP contribution in [-0.2, 0) is 11.2 Å². The molecule has 0 bridgehead atoms. The first-order chi connectivity index (χ1) is 8.19. The summed E-state index contributed by atoms with van der Waals surface area (Å²) in [6.07, 6.45) is 0.738. The number of benzene rings is 1. The lowest BCUT2D eigenvalue weighted by atomic mass is 10.2. The second-order valence-corrected chi connectivity index (χ2v) is 5.26. The summed E-state index contributed by atoms with van der Waals surface area (Å²) in [7, 11) is 0. The minimum Gasteiger partial charge on any atom is -0.352 e. The number of para-hydroxylation sites is 1. The summed E-state index contributed by atoms with van der Waals surface area (Å²) in [5, 5.41) is 3.85. The van der Waals surface area contributed by atoms with E-state index >= 15 is 0 Å². The molecule has 0 spiro atoms. The summed E-state index contributed by atoms with van der Waals surface area (Å²) in [6.45, 7) is 1.95.